The van der Waals surface area contributed by atoms with Gasteiger partial charge in [0.25, 0.3) is 0 Å². The summed E-state index contributed by atoms with van der Waals surface area (Å²) in [6.45, 7) is 0.726. The molecular formula is C13H22F3NO2. The Morgan fingerprint density at radius 1 is 1.37 bits per heavy atom. The van der Waals surface area contributed by atoms with Crippen molar-refractivity contribution < 1.29 is 23.1 Å². The van der Waals surface area contributed by atoms with Crippen LogP contribution in [-0.2, 0) is 4.79 Å². The van der Waals surface area contributed by atoms with Crippen molar-refractivity contribution in [1.82, 2.24) is 4.90 Å². The van der Waals surface area contributed by atoms with Crippen LogP contribution in [0.5, 0.6) is 0 Å². The van der Waals surface area contributed by atoms with Gasteiger partial charge in [0.05, 0.1) is 13.2 Å². The fraction of sp³-hybridized carbons (Fsp3) is 0.923. The summed E-state index contributed by atoms with van der Waals surface area (Å²) in [5.41, 5.74) is -0.674. The highest BCUT2D eigenvalue weighted by molar-refractivity contribution is 5.60. The first kappa shape index (κ1) is 16.4. The normalized spacial score (nSPS) is 28.6. The van der Waals surface area contributed by atoms with Crippen LogP contribution in [0.1, 0.15) is 32.6 Å². The van der Waals surface area contributed by atoms with Crippen LogP contribution in [0.3, 0.4) is 0 Å². The second-order valence-corrected chi connectivity index (χ2v) is 5.71. The first-order chi connectivity index (χ1) is 8.80. The van der Waals surface area contributed by atoms with Gasteiger partial charge in [0.15, 0.2) is 0 Å². The third-order valence-electron chi connectivity index (χ3n) is 3.88. The molecule has 0 amide bonds. The summed E-state index contributed by atoms with van der Waals surface area (Å²) in [5, 5.41) is 8.86. The van der Waals surface area contributed by atoms with E-state index in [9.17, 15) is 18.0 Å². The summed E-state index contributed by atoms with van der Waals surface area (Å²) >= 11 is 0. The van der Waals surface area contributed by atoms with Crippen LogP contribution in [0.25, 0.3) is 0 Å². The Labute approximate surface area is 111 Å². The molecule has 0 unspecified atom stereocenters. The SMILES string of the molecule is CC1CCC(C=O)(CN(CCO)CC(F)(F)F)CC1. The van der Waals surface area contributed by atoms with Crippen LogP contribution >= 0.6 is 0 Å². The zero-order valence-corrected chi connectivity index (χ0v) is 11.2. The Morgan fingerprint density at radius 2 is 1.95 bits per heavy atom. The Kier molecular flexibility index (Phi) is 5.80. The van der Waals surface area contributed by atoms with Gasteiger partial charge in [-0.25, -0.2) is 0 Å². The molecule has 6 heteroatoms. The van der Waals surface area contributed by atoms with Crippen molar-refractivity contribution in [3.05, 3.63) is 0 Å². The van der Waals surface area contributed by atoms with Crippen molar-refractivity contribution in [2.75, 3.05) is 26.2 Å². The molecule has 19 heavy (non-hydrogen) atoms. The lowest BCUT2D eigenvalue weighted by Crippen LogP contribution is -2.45. The number of alkyl halides is 3. The van der Waals surface area contributed by atoms with Gasteiger partial charge in [-0.3, -0.25) is 4.90 Å². The highest BCUT2D eigenvalue weighted by Crippen LogP contribution is 2.38. The maximum Gasteiger partial charge on any atom is 0.401 e. The summed E-state index contributed by atoms with van der Waals surface area (Å²) in [6.07, 6.45) is -0.467. The summed E-state index contributed by atoms with van der Waals surface area (Å²) in [4.78, 5) is 12.5. The molecule has 0 spiro atoms. The molecule has 0 radical (unpaired) electrons. The molecule has 0 aliphatic heterocycles. The standard InChI is InChI=1S/C13H22F3NO2/c1-11-2-4-12(10-19,5-3-11)8-17(6-7-18)9-13(14,15)16/h10-11,18H,2-9H2,1H3. The van der Waals surface area contributed by atoms with Crippen molar-refractivity contribution in [1.29, 1.82) is 0 Å². The molecule has 0 atom stereocenters. The molecule has 112 valence electrons. The number of hydrogen-bond donors (Lipinski definition) is 1. The Morgan fingerprint density at radius 3 is 2.37 bits per heavy atom. The van der Waals surface area contributed by atoms with E-state index >= 15 is 0 Å². The Balaban J connectivity index is 2.67. The monoisotopic (exact) mass is 281 g/mol. The van der Waals surface area contributed by atoms with Gasteiger partial charge in [0.1, 0.15) is 6.29 Å². The van der Waals surface area contributed by atoms with Crippen molar-refractivity contribution >= 4 is 6.29 Å². The molecule has 1 saturated carbocycles. The average molecular weight is 281 g/mol. The highest BCUT2D eigenvalue weighted by Gasteiger charge is 2.38. The molecule has 1 aliphatic carbocycles. The van der Waals surface area contributed by atoms with E-state index in [1.165, 1.54) is 0 Å². The van der Waals surface area contributed by atoms with Gasteiger partial charge < -0.3 is 9.90 Å². The number of rotatable bonds is 6. The lowest BCUT2D eigenvalue weighted by Gasteiger charge is -2.38. The minimum atomic E-state index is -4.30. The van der Waals surface area contributed by atoms with Gasteiger partial charge in [-0.1, -0.05) is 6.92 Å². The number of halogens is 3. The lowest BCUT2D eigenvalue weighted by molar-refractivity contribution is -0.152. The maximum atomic E-state index is 12.5. The molecule has 0 aromatic carbocycles. The fourth-order valence-corrected chi connectivity index (χ4v) is 2.70. The van der Waals surface area contributed by atoms with Gasteiger partial charge >= 0.3 is 6.18 Å². The second kappa shape index (κ2) is 6.70. The summed E-state index contributed by atoms with van der Waals surface area (Å²) in [6, 6.07) is 0. The molecule has 1 N–H and O–H groups in total. The number of aliphatic hydroxyl groups is 1. The van der Waals surface area contributed by atoms with E-state index in [1.54, 1.807) is 0 Å². The molecular weight excluding hydrogens is 259 g/mol. The number of carbonyl (C=O) groups is 1. The molecule has 0 saturated heterocycles. The molecule has 3 nitrogen and oxygen atoms in total. The third kappa shape index (κ3) is 5.48. The van der Waals surface area contributed by atoms with Gasteiger partial charge in [-0.05, 0) is 31.6 Å². The maximum absolute atomic E-state index is 12.5. The fourth-order valence-electron chi connectivity index (χ4n) is 2.70. The zero-order valence-electron chi connectivity index (χ0n) is 11.2. The van der Waals surface area contributed by atoms with Gasteiger partial charge in [0, 0.05) is 18.5 Å². The smallest absolute Gasteiger partial charge is 0.395 e. The van der Waals surface area contributed by atoms with E-state index in [0.29, 0.717) is 18.8 Å². The predicted octanol–water partition coefficient (Wildman–Crippen LogP) is 2.24. The minimum Gasteiger partial charge on any atom is -0.395 e. The van der Waals surface area contributed by atoms with Gasteiger partial charge in [-0.2, -0.15) is 13.2 Å². The van der Waals surface area contributed by atoms with Crippen LogP contribution in [0.4, 0.5) is 13.2 Å². The van der Waals surface area contributed by atoms with Crippen molar-refractivity contribution in [2.45, 2.75) is 38.8 Å². The Bertz CT molecular complexity index is 286. The quantitative estimate of drug-likeness (QED) is 0.759. The van der Waals surface area contributed by atoms with Crippen molar-refractivity contribution in [3.8, 4) is 0 Å². The summed E-state index contributed by atoms with van der Waals surface area (Å²) < 4.78 is 37.4. The van der Waals surface area contributed by atoms with Crippen molar-refractivity contribution in [3.63, 3.8) is 0 Å². The summed E-state index contributed by atoms with van der Waals surface area (Å²) in [5.74, 6) is 0.530. The van der Waals surface area contributed by atoms with Crippen LogP contribution < -0.4 is 0 Å². The number of hydrogen-bond acceptors (Lipinski definition) is 3. The van der Waals surface area contributed by atoms with E-state index in [0.717, 1.165) is 24.0 Å². The first-order valence-electron chi connectivity index (χ1n) is 6.66. The van der Waals surface area contributed by atoms with E-state index < -0.39 is 18.1 Å². The topological polar surface area (TPSA) is 40.5 Å². The van der Waals surface area contributed by atoms with E-state index in [2.05, 4.69) is 6.92 Å². The molecule has 1 aliphatic rings. The first-order valence-corrected chi connectivity index (χ1v) is 6.66. The van der Waals surface area contributed by atoms with E-state index in [-0.39, 0.29) is 19.7 Å². The molecule has 0 aromatic heterocycles. The van der Waals surface area contributed by atoms with Gasteiger partial charge in [0.2, 0.25) is 0 Å². The van der Waals surface area contributed by atoms with E-state index in [4.69, 9.17) is 5.11 Å². The van der Waals surface area contributed by atoms with Crippen LogP contribution in [0.15, 0.2) is 0 Å². The second-order valence-electron chi connectivity index (χ2n) is 5.71. The molecule has 1 rings (SSSR count). The third-order valence-corrected chi connectivity index (χ3v) is 3.88. The summed E-state index contributed by atoms with van der Waals surface area (Å²) in [7, 11) is 0. The van der Waals surface area contributed by atoms with Crippen LogP contribution in [0, 0.1) is 11.3 Å². The number of aldehydes is 1. The van der Waals surface area contributed by atoms with E-state index in [1.807, 2.05) is 0 Å². The van der Waals surface area contributed by atoms with Crippen molar-refractivity contribution in [2.24, 2.45) is 11.3 Å². The predicted molar refractivity (Wildman–Crippen MR) is 65.7 cm³/mol. The minimum absolute atomic E-state index is 0.0509. The largest absolute Gasteiger partial charge is 0.401 e. The molecule has 0 bridgehead atoms. The van der Waals surface area contributed by atoms with Crippen LogP contribution in [-0.4, -0.2) is 48.7 Å². The van der Waals surface area contributed by atoms with Gasteiger partial charge in [-0.15, -0.1) is 0 Å². The van der Waals surface area contributed by atoms with Crippen LogP contribution in [0.2, 0.25) is 0 Å². The number of carbonyl (C=O) groups excluding carboxylic acids is 1. The number of aliphatic hydroxyl groups excluding tert-OH is 1. The highest BCUT2D eigenvalue weighted by atomic mass is 19.4. The molecule has 1 fully saturated rings. The average Bonchev–Trinajstić information content (AvgIpc) is 2.31. The zero-order chi connectivity index (χ0) is 14.5. The Hall–Kier alpha value is -0.620. The molecule has 0 aromatic rings. The number of nitrogens with zero attached hydrogens (tertiary/aromatic N) is 1. The molecule has 0 heterocycles. The lowest BCUT2D eigenvalue weighted by atomic mass is 9.71.